The van der Waals surface area contributed by atoms with E-state index in [4.69, 9.17) is 16.3 Å². The lowest BCUT2D eigenvalue weighted by molar-refractivity contribution is -0.140. The van der Waals surface area contributed by atoms with Crippen LogP contribution in [-0.4, -0.2) is 59.0 Å². The SMILES string of the molecule is O=C(CCC(=O)N1CCn2cccc2[C@@H]1c1ccc(Cl)cc1)N1CCOCC1. The van der Waals surface area contributed by atoms with Crippen molar-refractivity contribution in [1.29, 1.82) is 0 Å². The number of carbonyl (C=O) groups excluding carboxylic acids is 2. The highest BCUT2D eigenvalue weighted by molar-refractivity contribution is 6.30. The normalized spacial score (nSPS) is 19.4. The van der Waals surface area contributed by atoms with Gasteiger partial charge >= 0.3 is 0 Å². The van der Waals surface area contributed by atoms with Gasteiger partial charge in [0.2, 0.25) is 11.8 Å². The Morgan fingerprint density at radius 2 is 1.68 bits per heavy atom. The number of amides is 2. The van der Waals surface area contributed by atoms with Crippen molar-refractivity contribution in [3.05, 3.63) is 58.9 Å². The summed E-state index contributed by atoms with van der Waals surface area (Å²) in [7, 11) is 0. The minimum atomic E-state index is -0.160. The van der Waals surface area contributed by atoms with Crippen molar-refractivity contribution in [2.45, 2.75) is 25.4 Å². The Balaban J connectivity index is 1.49. The molecule has 0 aliphatic carbocycles. The lowest BCUT2D eigenvalue weighted by atomic mass is 9.99. The molecule has 0 bridgehead atoms. The van der Waals surface area contributed by atoms with Gasteiger partial charge in [0.25, 0.3) is 0 Å². The van der Waals surface area contributed by atoms with E-state index in [1.54, 1.807) is 4.90 Å². The predicted molar refractivity (Wildman–Crippen MR) is 106 cm³/mol. The molecular formula is C21H24ClN3O3. The van der Waals surface area contributed by atoms with Crippen LogP contribution in [0.25, 0.3) is 0 Å². The third-order valence-corrected chi connectivity index (χ3v) is 5.71. The zero-order chi connectivity index (χ0) is 19.5. The van der Waals surface area contributed by atoms with Crippen LogP contribution in [0, 0.1) is 0 Å². The zero-order valence-electron chi connectivity index (χ0n) is 15.7. The van der Waals surface area contributed by atoms with Crippen LogP contribution in [-0.2, 0) is 20.9 Å². The Labute approximate surface area is 169 Å². The molecule has 2 aliphatic rings. The van der Waals surface area contributed by atoms with Gasteiger partial charge in [0.15, 0.2) is 0 Å². The summed E-state index contributed by atoms with van der Waals surface area (Å²) in [4.78, 5) is 29.2. The average molecular weight is 402 g/mol. The lowest BCUT2D eigenvalue weighted by Crippen LogP contribution is -2.44. The first-order chi connectivity index (χ1) is 13.6. The molecule has 28 heavy (non-hydrogen) atoms. The molecule has 6 nitrogen and oxygen atoms in total. The monoisotopic (exact) mass is 401 g/mol. The van der Waals surface area contributed by atoms with Gasteiger partial charge in [-0.25, -0.2) is 0 Å². The van der Waals surface area contributed by atoms with Crippen LogP contribution < -0.4 is 0 Å². The Kier molecular flexibility index (Phi) is 5.69. The van der Waals surface area contributed by atoms with Gasteiger partial charge in [0, 0.05) is 55.9 Å². The quantitative estimate of drug-likeness (QED) is 0.791. The van der Waals surface area contributed by atoms with Crippen molar-refractivity contribution in [3.8, 4) is 0 Å². The molecule has 7 heteroatoms. The summed E-state index contributed by atoms with van der Waals surface area (Å²) in [5.74, 6) is 0.0362. The molecule has 1 fully saturated rings. The summed E-state index contributed by atoms with van der Waals surface area (Å²) in [6.45, 7) is 3.74. The lowest BCUT2D eigenvalue weighted by Gasteiger charge is -2.37. The number of rotatable bonds is 4. The summed E-state index contributed by atoms with van der Waals surface area (Å²) < 4.78 is 7.47. The first-order valence-electron chi connectivity index (χ1n) is 9.69. The predicted octanol–water partition coefficient (Wildman–Crippen LogP) is 2.71. The first-order valence-corrected chi connectivity index (χ1v) is 10.1. The number of halogens is 1. The number of hydrogen-bond donors (Lipinski definition) is 0. The van der Waals surface area contributed by atoms with Crippen molar-refractivity contribution < 1.29 is 14.3 Å². The molecule has 0 spiro atoms. The van der Waals surface area contributed by atoms with E-state index in [9.17, 15) is 9.59 Å². The molecule has 1 aromatic heterocycles. The van der Waals surface area contributed by atoms with Gasteiger partial charge in [-0.15, -0.1) is 0 Å². The molecule has 0 radical (unpaired) electrons. The second-order valence-electron chi connectivity index (χ2n) is 7.16. The van der Waals surface area contributed by atoms with Gasteiger partial charge in [-0.1, -0.05) is 23.7 Å². The highest BCUT2D eigenvalue weighted by Gasteiger charge is 2.32. The maximum Gasteiger partial charge on any atom is 0.223 e. The van der Waals surface area contributed by atoms with E-state index >= 15 is 0 Å². The standard InChI is InChI=1S/C21H24ClN3O3/c22-17-5-3-16(4-6-17)21-18-2-1-9-23(18)10-11-25(21)20(27)8-7-19(26)24-12-14-28-15-13-24/h1-6,9,21H,7-8,10-15H2/t21-/m0/s1. The number of ether oxygens (including phenoxy) is 1. The van der Waals surface area contributed by atoms with Crippen LogP contribution in [0.1, 0.15) is 30.1 Å². The van der Waals surface area contributed by atoms with Gasteiger partial charge in [-0.3, -0.25) is 9.59 Å². The Hall–Kier alpha value is -2.31. The van der Waals surface area contributed by atoms with E-state index in [-0.39, 0.29) is 30.7 Å². The van der Waals surface area contributed by atoms with Crippen molar-refractivity contribution in [2.75, 3.05) is 32.8 Å². The molecule has 148 valence electrons. The van der Waals surface area contributed by atoms with Crippen LogP contribution in [0.15, 0.2) is 42.6 Å². The number of aromatic nitrogens is 1. The topological polar surface area (TPSA) is 54.8 Å². The Morgan fingerprint density at radius 3 is 2.43 bits per heavy atom. The van der Waals surface area contributed by atoms with Crippen molar-refractivity contribution >= 4 is 23.4 Å². The van der Waals surface area contributed by atoms with Gasteiger partial charge in [0.05, 0.1) is 19.3 Å². The minimum Gasteiger partial charge on any atom is -0.378 e. The Bertz CT molecular complexity index is 843. The largest absolute Gasteiger partial charge is 0.378 e. The fraction of sp³-hybridized carbons (Fsp3) is 0.429. The van der Waals surface area contributed by atoms with Crippen LogP contribution in [0.5, 0.6) is 0 Å². The summed E-state index contributed by atoms with van der Waals surface area (Å²) >= 11 is 6.05. The molecule has 1 aromatic carbocycles. The zero-order valence-corrected chi connectivity index (χ0v) is 16.5. The Morgan fingerprint density at radius 1 is 0.964 bits per heavy atom. The molecule has 1 atom stereocenters. The van der Waals surface area contributed by atoms with Crippen LogP contribution in [0.4, 0.5) is 0 Å². The number of carbonyl (C=O) groups is 2. The van der Waals surface area contributed by atoms with E-state index in [0.29, 0.717) is 37.9 Å². The summed E-state index contributed by atoms with van der Waals surface area (Å²) in [6, 6.07) is 11.5. The van der Waals surface area contributed by atoms with Crippen molar-refractivity contribution in [1.82, 2.24) is 14.4 Å². The van der Waals surface area contributed by atoms with Gasteiger partial charge in [-0.05, 0) is 29.8 Å². The molecule has 0 unspecified atom stereocenters. The third kappa shape index (κ3) is 3.93. The van der Waals surface area contributed by atoms with Gasteiger partial charge in [0.1, 0.15) is 0 Å². The number of nitrogens with zero attached hydrogens (tertiary/aromatic N) is 3. The molecule has 2 aromatic rings. The molecule has 2 aliphatic heterocycles. The van der Waals surface area contributed by atoms with Crippen molar-refractivity contribution in [2.24, 2.45) is 0 Å². The van der Waals surface area contributed by atoms with E-state index in [2.05, 4.69) is 10.6 Å². The smallest absolute Gasteiger partial charge is 0.223 e. The van der Waals surface area contributed by atoms with E-state index < -0.39 is 0 Å². The van der Waals surface area contributed by atoms with E-state index in [0.717, 1.165) is 17.8 Å². The van der Waals surface area contributed by atoms with E-state index in [1.807, 2.05) is 41.4 Å². The maximum absolute atomic E-state index is 13.1. The molecule has 3 heterocycles. The molecule has 2 amide bonds. The van der Waals surface area contributed by atoms with Gasteiger partial charge < -0.3 is 19.1 Å². The maximum atomic E-state index is 13.1. The number of fused-ring (bicyclic) bond motifs is 1. The fourth-order valence-electron chi connectivity index (χ4n) is 3.98. The van der Waals surface area contributed by atoms with Crippen LogP contribution in [0.2, 0.25) is 5.02 Å². The van der Waals surface area contributed by atoms with Crippen LogP contribution in [0.3, 0.4) is 0 Å². The first kappa shape index (κ1) is 19.0. The molecular weight excluding hydrogens is 378 g/mol. The summed E-state index contributed by atoms with van der Waals surface area (Å²) in [5.41, 5.74) is 2.11. The molecule has 4 rings (SSSR count). The fourth-order valence-corrected chi connectivity index (χ4v) is 4.10. The summed E-state index contributed by atoms with van der Waals surface area (Å²) in [5, 5.41) is 0.670. The highest BCUT2D eigenvalue weighted by Crippen LogP contribution is 2.33. The second kappa shape index (κ2) is 8.37. The highest BCUT2D eigenvalue weighted by atomic mass is 35.5. The minimum absolute atomic E-state index is 0.00834. The summed E-state index contributed by atoms with van der Waals surface area (Å²) in [6.07, 6.45) is 2.51. The van der Waals surface area contributed by atoms with Crippen LogP contribution >= 0.6 is 11.6 Å². The molecule has 0 saturated carbocycles. The molecule has 0 N–H and O–H groups in total. The average Bonchev–Trinajstić information content (AvgIpc) is 3.21. The molecule has 1 saturated heterocycles. The van der Waals surface area contributed by atoms with Crippen molar-refractivity contribution in [3.63, 3.8) is 0 Å². The van der Waals surface area contributed by atoms with Gasteiger partial charge in [-0.2, -0.15) is 0 Å². The number of benzene rings is 1. The second-order valence-corrected chi connectivity index (χ2v) is 7.60. The van der Waals surface area contributed by atoms with E-state index in [1.165, 1.54) is 0 Å². The number of hydrogen-bond acceptors (Lipinski definition) is 3. The number of morpholine rings is 1. The third-order valence-electron chi connectivity index (χ3n) is 5.46.